The van der Waals surface area contributed by atoms with Crippen LogP contribution in [0.1, 0.15) is 74.3 Å². The monoisotopic (exact) mass is 345 g/mol. The number of aromatic amines is 1. The van der Waals surface area contributed by atoms with Gasteiger partial charge >= 0.3 is 0 Å². The standard InChI is InChI=1S/C20H31N3O2/c1-15(2)19-17(9-10-18(24)21-19)20(25)23-12-6-11-22(13-14-23)16-7-4-3-5-8-16/h9-10,15-16H,3-8,11-14H2,1-2H3,(H,21,24). The highest BCUT2D eigenvalue weighted by atomic mass is 16.2. The molecular formula is C20H31N3O2. The van der Waals surface area contributed by atoms with E-state index >= 15 is 0 Å². The van der Waals surface area contributed by atoms with Gasteiger partial charge in [-0.3, -0.25) is 14.5 Å². The average Bonchev–Trinajstić information content (AvgIpc) is 2.88. The van der Waals surface area contributed by atoms with E-state index in [4.69, 9.17) is 0 Å². The van der Waals surface area contributed by atoms with Crippen molar-refractivity contribution in [3.63, 3.8) is 0 Å². The van der Waals surface area contributed by atoms with Crippen LogP contribution < -0.4 is 5.56 Å². The van der Waals surface area contributed by atoms with Gasteiger partial charge in [0.15, 0.2) is 0 Å². The van der Waals surface area contributed by atoms with Gasteiger partial charge in [-0.15, -0.1) is 0 Å². The van der Waals surface area contributed by atoms with Crippen LogP contribution in [0.15, 0.2) is 16.9 Å². The number of H-pyrrole nitrogens is 1. The van der Waals surface area contributed by atoms with Crippen molar-refractivity contribution in [3.8, 4) is 0 Å². The minimum absolute atomic E-state index is 0.0606. The SMILES string of the molecule is CC(C)c1[nH]c(=O)ccc1C(=O)N1CCCN(C2CCCCC2)CC1. The zero-order chi connectivity index (χ0) is 17.8. The molecule has 2 aliphatic rings. The lowest BCUT2D eigenvalue weighted by Crippen LogP contribution is -2.40. The van der Waals surface area contributed by atoms with Crippen LogP contribution in [0.2, 0.25) is 0 Å². The van der Waals surface area contributed by atoms with E-state index in [0.29, 0.717) is 11.6 Å². The fraction of sp³-hybridized carbons (Fsp3) is 0.700. The molecular weight excluding hydrogens is 314 g/mol. The maximum absolute atomic E-state index is 13.1. The normalized spacial score (nSPS) is 20.7. The van der Waals surface area contributed by atoms with E-state index in [2.05, 4.69) is 9.88 Å². The van der Waals surface area contributed by atoms with Crippen molar-refractivity contribution in [2.45, 2.75) is 64.3 Å². The molecule has 0 unspecified atom stereocenters. The van der Waals surface area contributed by atoms with Gasteiger partial charge in [0.2, 0.25) is 5.56 Å². The predicted molar refractivity (Wildman–Crippen MR) is 100 cm³/mol. The molecule has 0 spiro atoms. The van der Waals surface area contributed by atoms with Crippen molar-refractivity contribution < 1.29 is 4.79 Å². The Morgan fingerprint density at radius 1 is 1.04 bits per heavy atom. The number of aromatic nitrogens is 1. The number of nitrogens with one attached hydrogen (secondary N) is 1. The molecule has 5 heteroatoms. The fourth-order valence-electron chi connectivity index (χ4n) is 4.25. The number of pyridine rings is 1. The van der Waals surface area contributed by atoms with E-state index in [9.17, 15) is 9.59 Å². The molecule has 1 aromatic heterocycles. The first-order valence-electron chi connectivity index (χ1n) is 9.83. The molecule has 25 heavy (non-hydrogen) atoms. The van der Waals surface area contributed by atoms with Crippen molar-refractivity contribution in [3.05, 3.63) is 33.7 Å². The summed E-state index contributed by atoms with van der Waals surface area (Å²) in [7, 11) is 0. The van der Waals surface area contributed by atoms with Crippen molar-refractivity contribution in [2.75, 3.05) is 26.2 Å². The topological polar surface area (TPSA) is 56.4 Å². The Morgan fingerprint density at radius 2 is 1.80 bits per heavy atom. The fourth-order valence-corrected chi connectivity index (χ4v) is 4.25. The zero-order valence-corrected chi connectivity index (χ0v) is 15.6. The molecule has 0 radical (unpaired) electrons. The Bertz CT molecular complexity index is 647. The van der Waals surface area contributed by atoms with Crippen LogP contribution in [-0.2, 0) is 0 Å². The van der Waals surface area contributed by atoms with Crippen molar-refractivity contribution in [1.29, 1.82) is 0 Å². The Kier molecular flexibility index (Phi) is 5.94. The lowest BCUT2D eigenvalue weighted by molar-refractivity contribution is 0.0753. The Morgan fingerprint density at radius 3 is 2.52 bits per heavy atom. The second-order valence-electron chi connectivity index (χ2n) is 7.78. The molecule has 0 aromatic carbocycles. The number of hydrogen-bond acceptors (Lipinski definition) is 3. The van der Waals surface area contributed by atoms with Gasteiger partial charge in [0, 0.05) is 44.0 Å². The summed E-state index contributed by atoms with van der Waals surface area (Å²) in [5, 5.41) is 0. The number of nitrogens with zero attached hydrogens (tertiary/aromatic N) is 2. The van der Waals surface area contributed by atoms with E-state index in [-0.39, 0.29) is 17.4 Å². The summed E-state index contributed by atoms with van der Waals surface area (Å²) in [4.78, 5) is 32.1. The molecule has 2 heterocycles. The second-order valence-corrected chi connectivity index (χ2v) is 7.78. The molecule has 1 saturated carbocycles. The van der Waals surface area contributed by atoms with E-state index in [0.717, 1.165) is 38.3 Å². The van der Waals surface area contributed by atoms with Crippen molar-refractivity contribution >= 4 is 5.91 Å². The molecule has 138 valence electrons. The Hall–Kier alpha value is -1.62. The number of carbonyl (C=O) groups excluding carboxylic acids is 1. The molecule has 1 aromatic rings. The van der Waals surface area contributed by atoms with Crippen LogP contribution in [0.3, 0.4) is 0 Å². The average molecular weight is 345 g/mol. The van der Waals surface area contributed by atoms with E-state index < -0.39 is 0 Å². The summed E-state index contributed by atoms with van der Waals surface area (Å²) in [6.07, 6.45) is 7.72. The van der Waals surface area contributed by atoms with Gasteiger partial charge < -0.3 is 9.88 Å². The number of carbonyl (C=O) groups is 1. The van der Waals surface area contributed by atoms with Gasteiger partial charge in [0.25, 0.3) is 5.91 Å². The maximum Gasteiger partial charge on any atom is 0.255 e. The number of amides is 1. The van der Waals surface area contributed by atoms with Gasteiger partial charge in [-0.05, 0) is 31.2 Å². The van der Waals surface area contributed by atoms with Crippen LogP contribution in [0.4, 0.5) is 0 Å². The quantitative estimate of drug-likeness (QED) is 0.916. The summed E-state index contributed by atoms with van der Waals surface area (Å²) in [5.74, 6) is 0.184. The highest BCUT2D eigenvalue weighted by molar-refractivity contribution is 5.95. The molecule has 1 aliphatic heterocycles. The van der Waals surface area contributed by atoms with Crippen molar-refractivity contribution in [2.24, 2.45) is 0 Å². The maximum atomic E-state index is 13.1. The molecule has 1 aliphatic carbocycles. The van der Waals surface area contributed by atoms with Crippen LogP contribution in [0.25, 0.3) is 0 Å². The van der Waals surface area contributed by atoms with Crippen LogP contribution >= 0.6 is 0 Å². The largest absolute Gasteiger partial charge is 0.337 e. The van der Waals surface area contributed by atoms with Gasteiger partial charge in [0.05, 0.1) is 5.56 Å². The third kappa shape index (κ3) is 4.32. The van der Waals surface area contributed by atoms with Gasteiger partial charge in [-0.25, -0.2) is 0 Å². The first-order valence-corrected chi connectivity index (χ1v) is 9.83. The third-order valence-electron chi connectivity index (χ3n) is 5.67. The summed E-state index contributed by atoms with van der Waals surface area (Å²) in [5.41, 5.74) is 1.27. The zero-order valence-electron chi connectivity index (χ0n) is 15.6. The van der Waals surface area contributed by atoms with E-state index in [1.807, 2.05) is 18.7 Å². The minimum Gasteiger partial charge on any atom is -0.337 e. The Balaban J connectivity index is 1.70. The second kappa shape index (κ2) is 8.17. The van der Waals surface area contributed by atoms with E-state index in [1.165, 1.54) is 38.2 Å². The first-order chi connectivity index (χ1) is 12.1. The summed E-state index contributed by atoms with van der Waals surface area (Å²) in [6.45, 7) is 7.67. The van der Waals surface area contributed by atoms with Gasteiger partial charge in [0.1, 0.15) is 0 Å². The van der Waals surface area contributed by atoms with Crippen LogP contribution in [-0.4, -0.2) is 52.9 Å². The molecule has 1 amide bonds. The molecule has 0 atom stereocenters. The van der Waals surface area contributed by atoms with Crippen LogP contribution in [0, 0.1) is 0 Å². The number of rotatable bonds is 3. The van der Waals surface area contributed by atoms with Crippen molar-refractivity contribution in [1.82, 2.24) is 14.8 Å². The first kappa shape index (κ1) is 18.2. The summed E-state index contributed by atoms with van der Waals surface area (Å²) >= 11 is 0. The summed E-state index contributed by atoms with van der Waals surface area (Å²) in [6, 6.07) is 3.87. The molecule has 1 N–H and O–H groups in total. The highest BCUT2D eigenvalue weighted by Gasteiger charge is 2.27. The van der Waals surface area contributed by atoms with E-state index in [1.54, 1.807) is 6.07 Å². The smallest absolute Gasteiger partial charge is 0.255 e. The molecule has 5 nitrogen and oxygen atoms in total. The lowest BCUT2D eigenvalue weighted by atomic mass is 9.94. The lowest BCUT2D eigenvalue weighted by Gasteiger charge is -2.33. The predicted octanol–water partition coefficient (Wildman–Crippen LogP) is 2.98. The van der Waals surface area contributed by atoms with Crippen LogP contribution in [0.5, 0.6) is 0 Å². The van der Waals surface area contributed by atoms with Gasteiger partial charge in [-0.2, -0.15) is 0 Å². The number of hydrogen-bond donors (Lipinski definition) is 1. The summed E-state index contributed by atoms with van der Waals surface area (Å²) < 4.78 is 0. The third-order valence-corrected chi connectivity index (χ3v) is 5.67. The molecule has 1 saturated heterocycles. The molecule has 3 rings (SSSR count). The van der Waals surface area contributed by atoms with Gasteiger partial charge in [-0.1, -0.05) is 33.1 Å². The molecule has 2 fully saturated rings. The highest BCUT2D eigenvalue weighted by Crippen LogP contribution is 2.24. The molecule has 0 bridgehead atoms. The Labute approximate surface area is 150 Å². The minimum atomic E-state index is -0.139.